The van der Waals surface area contributed by atoms with Gasteiger partial charge in [-0.05, 0) is 55.8 Å². The molecule has 6 nitrogen and oxygen atoms in total. The Kier molecular flexibility index (Phi) is 5.50. The lowest BCUT2D eigenvalue weighted by Gasteiger charge is -2.42. The third kappa shape index (κ3) is 3.69. The standard InChI is InChI=1S/C22H18N2O4S3/c1-22(2)20-19(21(29)31-30-20)16-12-15(28-3)9-10-17(16)23(22)18(25)11-6-13-4-7-14(8-5-13)24(26)27/h4-12H,1-3H3. The molecule has 0 N–H and O–H groups in total. The molecule has 0 atom stereocenters. The number of nitro groups is 1. The first kappa shape index (κ1) is 21.4. The molecule has 4 rings (SSSR count). The van der Waals surface area contributed by atoms with Crippen molar-refractivity contribution in [3.8, 4) is 16.9 Å². The van der Waals surface area contributed by atoms with Crippen LogP contribution >= 0.6 is 32.9 Å². The first-order chi connectivity index (χ1) is 14.7. The molecule has 0 saturated carbocycles. The van der Waals surface area contributed by atoms with Crippen molar-refractivity contribution in [2.24, 2.45) is 0 Å². The molecule has 1 aromatic heterocycles. The SMILES string of the molecule is COc1ccc2c(c1)-c1c(ssc1=S)C(C)(C)N2C(=O)C=Cc1ccc([N+](=O)[O-])cc1. The van der Waals surface area contributed by atoms with Gasteiger partial charge in [0.25, 0.3) is 11.6 Å². The van der Waals surface area contributed by atoms with Crippen LogP contribution in [0, 0.1) is 13.9 Å². The van der Waals surface area contributed by atoms with Crippen LogP contribution in [-0.4, -0.2) is 17.9 Å². The Balaban J connectivity index is 1.76. The highest BCUT2D eigenvalue weighted by molar-refractivity contribution is 7.80. The van der Waals surface area contributed by atoms with Crippen molar-refractivity contribution >= 4 is 56.3 Å². The molecule has 0 unspecified atom stereocenters. The van der Waals surface area contributed by atoms with Gasteiger partial charge in [-0.2, -0.15) is 0 Å². The fourth-order valence-electron chi connectivity index (χ4n) is 3.68. The third-order valence-electron chi connectivity index (χ3n) is 5.20. The third-order valence-corrected chi connectivity index (χ3v) is 8.53. The van der Waals surface area contributed by atoms with E-state index in [0.717, 1.165) is 25.5 Å². The van der Waals surface area contributed by atoms with Crippen LogP contribution in [0.1, 0.15) is 24.3 Å². The molecule has 158 valence electrons. The number of hydrogen-bond donors (Lipinski definition) is 0. The highest BCUT2D eigenvalue weighted by atomic mass is 32.9. The monoisotopic (exact) mass is 470 g/mol. The Hall–Kier alpha value is -2.88. The summed E-state index contributed by atoms with van der Waals surface area (Å²) in [7, 11) is 4.73. The second-order valence-electron chi connectivity index (χ2n) is 7.46. The van der Waals surface area contributed by atoms with Gasteiger partial charge in [-0.15, -0.1) is 0 Å². The van der Waals surface area contributed by atoms with E-state index < -0.39 is 10.5 Å². The molecule has 0 fully saturated rings. The zero-order chi connectivity index (χ0) is 22.3. The predicted molar refractivity (Wildman–Crippen MR) is 128 cm³/mol. The molecule has 0 aliphatic carbocycles. The number of nitro benzene ring substituents is 1. The van der Waals surface area contributed by atoms with E-state index in [4.69, 9.17) is 17.0 Å². The maximum Gasteiger partial charge on any atom is 0.269 e. The van der Waals surface area contributed by atoms with E-state index in [1.807, 2.05) is 32.0 Å². The molecule has 0 spiro atoms. The summed E-state index contributed by atoms with van der Waals surface area (Å²) in [6.45, 7) is 4.02. The Labute approximate surface area is 191 Å². The molecular formula is C22H18N2O4S3. The lowest BCUT2D eigenvalue weighted by Crippen LogP contribution is -2.47. The van der Waals surface area contributed by atoms with E-state index in [1.165, 1.54) is 28.5 Å². The second-order valence-corrected chi connectivity index (χ2v) is 10.3. The molecule has 0 radical (unpaired) electrons. The zero-order valence-electron chi connectivity index (χ0n) is 16.9. The summed E-state index contributed by atoms with van der Waals surface area (Å²) in [5.41, 5.74) is 2.77. The summed E-state index contributed by atoms with van der Waals surface area (Å²) in [5.74, 6) is 0.508. The normalized spacial score (nSPS) is 14.2. The number of benzene rings is 2. The van der Waals surface area contributed by atoms with Crippen molar-refractivity contribution in [2.45, 2.75) is 19.4 Å². The molecule has 31 heavy (non-hydrogen) atoms. The van der Waals surface area contributed by atoms with Gasteiger partial charge in [0.15, 0.2) is 0 Å². The number of anilines is 1. The van der Waals surface area contributed by atoms with Crippen molar-refractivity contribution in [3.05, 3.63) is 72.9 Å². The second kappa shape index (κ2) is 7.99. The van der Waals surface area contributed by atoms with E-state index in [9.17, 15) is 14.9 Å². The number of methoxy groups -OCH3 is 1. The van der Waals surface area contributed by atoms with Crippen LogP contribution in [-0.2, 0) is 10.3 Å². The minimum absolute atomic E-state index is 0.00899. The van der Waals surface area contributed by atoms with Crippen LogP contribution in [0.2, 0.25) is 0 Å². The van der Waals surface area contributed by atoms with E-state index >= 15 is 0 Å². The summed E-state index contributed by atoms with van der Waals surface area (Å²) in [4.78, 5) is 26.6. The molecule has 1 aliphatic rings. The molecule has 3 aromatic rings. The number of amides is 1. The molecule has 2 aromatic carbocycles. The molecule has 9 heteroatoms. The van der Waals surface area contributed by atoms with Crippen LogP contribution in [0.15, 0.2) is 48.5 Å². The zero-order valence-corrected chi connectivity index (χ0v) is 19.4. The number of non-ortho nitro benzene ring substituents is 1. The van der Waals surface area contributed by atoms with Crippen molar-refractivity contribution in [3.63, 3.8) is 0 Å². The Morgan fingerprint density at radius 3 is 2.55 bits per heavy atom. The quantitative estimate of drug-likeness (QED) is 0.145. The van der Waals surface area contributed by atoms with Gasteiger partial charge in [-0.1, -0.05) is 32.9 Å². The molecule has 0 bridgehead atoms. The van der Waals surface area contributed by atoms with E-state index in [-0.39, 0.29) is 11.6 Å². The lowest BCUT2D eigenvalue weighted by atomic mass is 9.87. The van der Waals surface area contributed by atoms with Crippen LogP contribution in [0.25, 0.3) is 17.2 Å². The number of fused-ring (bicyclic) bond motifs is 3. The van der Waals surface area contributed by atoms with Crippen molar-refractivity contribution in [2.75, 3.05) is 12.0 Å². The molecule has 1 amide bonds. The van der Waals surface area contributed by atoms with Gasteiger partial charge >= 0.3 is 0 Å². The van der Waals surface area contributed by atoms with Crippen molar-refractivity contribution < 1.29 is 14.5 Å². The maximum atomic E-state index is 13.4. The van der Waals surface area contributed by atoms with E-state index in [1.54, 1.807) is 40.6 Å². The van der Waals surface area contributed by atoms with E-state index in [2.05, 4.69) is 0 Å². The molecule has 2 heterocycles. The average molecular weight is 471 g/mol. The number of carbonyl (C=O) groups is 1. The smallest absolute Gasteiger partial charge is 0.269 e. The van der Waals surface area contributed by atoms with Gasteiger partial charge < -0.3 is 4.74 Å². The van der Waals surface area contributed by atoms with Gasteiger partial charge in [0.2, 0.25) is 0 Å². The van der Waals surface area contributed by atoms with Crippen LogP contribution < -0.4 is 9.64 Å². The highest BCUT2D eigenvalue weighted by Crippen LogP contribution is 2.52. The Morgan fingerprint density at radius 1 is 1.19 bits per heavy atom. The highest BCUT2D eigenvalue weighted by Gasteiger charge is 2.42. The summed E-state index contributed by atoms with van der Waals surface area (Å²) < 4.78 is 6.20. The minimum atomic E-state index is -0.591. The van der Waals surface area contributed by atoms with Gasteiger partial charge in [-0.25, -0.2) is 0 Å². The van der Waals surface area contributed by atoms with Gasteiger partial charge in [0.1, 0.15) is 9.57 Å². The molecular weight excluding hydrogens is 452 g/mol. The summed E-state index contributed by atoms with van der Waals surface area (Å²) in [5, 5.41) is 10.8. The largest absolute Gasteiger partial charge is 0.497 e. The van der Waals surface area contributed by atoms with Crippen LogP contribution in [0.3, 0.4) is 0 Å². The number of hydrogen-bond acceptors (Lipinski definition) is 7. The fourth-order valence-corrected chi connectivity index (χ4v) is 6.96. The molecule has 0 saturated heterocycles. The topological polar surface area (TPSA) is 72.7 Å². The first-order valence-corrected chi connectivity index (χ1v) is 11.9. The number of ether oxygens (including phenoxy) is 1. The predicted octanol–water partition coefficient (Wildman–Crippen LogP) is 6.42. The number of carbonyl (C=O) groups excluding carboxylic acids is 1. The maximum absolute atomic E-state index is 13.4. The average Bonchev–Trinajstić information content (AvgIpc) is 3.15. The summed E-state index contributed by atoms with van der Waals surface area (Å²) in [6, 6.07) is 11.7. The number of nitrogens with zero attached hydrogens (tertiary/aromatic N) is 2. The summed E-state index contributed by atoms with van der Waals surface area (Å²) >= 11 is 5.60. The fraction of sp³-hybridized carbons (Fsp3) is 0.182. The van der Waals surface area contributed by atoms with Gasteiger partial charge in [0, 0.05) is 29.3 Å². The lowest BCUT2D eigenvalue weighted by molar-refractivity contribution is -0.384. The molecule has 1 aliphatic heterocycles. The van der Waals surface area contributed by atoms with E-state index in [0.29, 0.717) is 11.3 Å². The van der Waals surface area contributed by atoms with Crippen LogP contribution in [0.5, 0.6) is 5.75 Å². The van der Waals surface area contributed by atoms with Crippen LogP contribution in [0.4, 0.5) is 11.4 Å². The Morgan fingerprint density at radius 2 is 1.90 bits per heavy atom. The number of rotatable bonds is 4. The summed E-state index contributed by atoms with van der Waals surface area (Å²) in [6.07, 6.45) is 3.16. The van der Waals surface area contributed by atoms with Gasteiger partial charge in [-0.3, -0.25) is 19.8 Å². The van der Waals surface area contributed by atoms with Gasteiger partial charge in [0.05, 0.1) is 28.1 Å². The Bertz CT molecular complexity index is 1270. The van der Waals surface area contributed by atoms with Crippen molar-refractivity contribution in [1.29, 1.82) is 0 Å². The minimum Gasteiger partial charge on any atom is -0.497 e. The van der Waals surface area contributed by atoms with Crippen molar-refractivity contribution in [1.82, 2.24) is 0 Å². The first-order valence-electron chi connectivity index (χ1n) is 9.33.